The van der Waals surface area contributed by atoms with Crippen molar-refractivity contribution in [3.8, 4) is 0 Å². The maximum atomic E-state index is 12.4. The van der Waals surface area contributed by atoms with Crippen molar-refractivity contribution in [2.24, 2.45) is 0 Å². The number of aromatic nitrogens is 2. The Morgan fingerprint density at radius 2 is 1.62 bits per heavy atom. The minimum Gasteiger partial charge on any atom is -0.350 e. The second-order valence-corrected chi connectivity index (χ2v) is 6.28. The number of hydrogen-bond donors (Lipinski definition) is 2. The molecular formula is C21H22N4O. The third-order valence-electron chi connectivity index (χ3n) is 4.47. The van der Waals surface area contributed by atoms with Gasteiger partial charge in [0.15, 0.2) is 0 Å². The minimum absolute atomic E-state index is 0.218. The molecule has 132 valence electrons. The van der Waals surface area contributed by atoms with E-state index in [-0.39, 0.29) is 5.91 Å². The highest BCUT2D eigenvalue weighted by Gasteiger charge is 2.10. The zero-order chi connectivity index (χ0) is 18.5. The van der Waals surface area contributed by atoms with Crippen LogP contribution in [0.4, 0.5) is 11.6 Å². The molecule has 2 aromatic carbocycles. The standard InChI is InChI=1S/C21H22N4O/c1-14-8-6-10-19(16(14)3)25-20(26)18-12-23-21(24-13-18)22-11-17-9-5-4-7-15(17)2/h4-10,12-13H,11H2,1-3H3,(H,25,26)(H,22,23,24). The van der Waals surface area contributed by atoms with Gasteiger partial charge in [0, 0.05) is 24.6 Å². The van der Waals surface area contributed by atoms with Gasteiger partial charge in [-0.05, 0) is 49.1 Å². The van der Waals surface area contributed by atoms with Gasteiger partial charge in [-0.15, -0.1) is 0 Å². The summed E-state index contributed by atoms with van der Waals surface area (Å²) in [6, 6.07) is 14.0. The molecule has 3 rings (SSSR count). The summed E-state index contributed by atoms with van der Waals surface area (Å²) in [5.74, 6) is 0.278. The summed E-state index contributed by atoms with van der Waals surface area (Å²) >= 11 is 0. The number of aryl methyl sites for hydroxylation is 2. The zero-order valence-corrected chi connectivity index (χ0v) is 15.2. The molecule has 26 heavy (non-hydrogen) atoms. The van der Waals surface area contributed by atoms with Crippen molar-refractivity contribution in [2.45, 2.75) is 27.3 Å². The van der Waals surface area contributed by atoms with Gasteiger partial charge in [-0.1, -0.05) is 36.4 Å². The van der Waals surface area contributed by atoms with Gasteiger partial charge >= 0.3 is 0 Å². The fourth-order valence-electron chi connectivity index (χ4n) is 2.60. The molecule has 5 nitrogen and oxygen atoms in total. The van der Waals surface area contributed by atoms with Crippen molar-refractivity contribution < 1.29 is 4.79 Å². The number of nitrogens with zero attached hydrogens (tertiary/aromatic N) is 2. The largest absolute Gasteiger partial charge is 0.350 e. The van der Waals surface area contributed by atoms with Crippen molar-refractivity contribution in [3.63, 3.8) is 0 Å². The van der Waals surface area contributed by atoms with Crippen LogP contribution in [0.25, 0.3) is 0 Å². The van der Waals surface area contributed by atoms with E-state index in [1.807, 2.05) is 44.2 Å². The van der Waals surface area contributed by atoms with Crippen LogP contribution in [0.3, 0.4) is 0 Å². The summed E-state index contributed by atoms with van der Waals surface area (Å²) in [6.45, 7) is 6.71. The normalized spacial score (nSPS) is 10.4. The van der Waals surface area contributed by atoms with Gasteiger partial charge in [-0.2, -0.15) is 0 Å². The lowest BCUT2D eigenvalue weighted by atomic mass is 10.1. The van der Waals surface area contributed by atoms with E-state index in [0.29, 0.717) is 18.1 Å². The highest BCUT2D eigenvalue weighted by molar-refractivity contribution is 6.04. The smallest absolute Gasteiger partial charge is 0.258 e. The predicted molar refractivity (Wildman–Crippen MR) is 104 cm³/mol. The number of carbonyl (C=O) groups is 1. The van der Waals surface area contributed by atoms with Crippen LogP contribution in [0.1, 0.15) is 32.6 Å². The summed E-state index contributed by atoms with van der Waals surface area (Å²) < 4.78 is 0. The Bertz CT molecular complexity index is 920. The number of anilines is 2. The first-order valence-corrected chi connectivity index (χ1v) is 8.52. The first-order valence-electron chi connectivity index (χ1n) is 8.52. The second kappa shape index (κ2) is 7.78. The van der Waals surface area contributed by atoms with Crippen molar-refractivity contribution in [1.29, 1.82) is 0 Å². The van der Waals surface area contributed by atoms with Crippen LogP contribution in [0.15, 0.2) is 54.9 Å². The Morgan fingerprint density at radius 1 is 0.923 bits per heavy atom. The fourth-order valence-corrected chi connectivity index (χ4v) is 2.60. The summed E-state index contributed by atoms with van der Waals surface area (Å²) in [6.07, 6.45) is 3.07. The molecule has 0 radical (unpaired) electrons. The van der Waals surface area contributed by atoms with Gasteiger partial charge in [0.25, 0.3) is 5.91 Å². The third-order valence-corrected chi connectivity index (χ3v) is 4.47. The molecule has 3 aromatic rings. The summed E-state index contributed by atoms with van der Waals surface area (Å²) in [5, 5.41) is 6.09. The van der Waals surface area contributed by atoms with E-state index in [9.17, 15) is 4.79 Å². The van der Waals surface area contributed by atoms with Gasteiger partial charge in [-0.3, -0.25) is 4.79 Å². The lowest BCUT2D eigenvalue weighted by Crippen LogP contribution is -2.14. The quantitative estimate of drug-likeness (QED) is 0.724. The molecule has 0 saturated heterocycles. The zero-order valence-electron chi connectivity index (χ0n) is 15.2. The highest BCUT2D eigenvalue weighted by atomic mass is 16.1. The molecule has 0 spiro atoms. The van der Waals surface area contributed by atoms with Crippen molar-refractivity contribution in [1.82, 2.24) is 9.97 Å². The van der Waals surface area contributed by atoms with E-state index in [4.69, 9.17) is 0 Å². The van der Waals surface area contributed by atoms with Gasteiger partial charge in [0.05, 0.1) is 5.56 Å². The summed E-state index contributed by atoms with van der Waals surface area (Å²) in [7, 11) is 0. The van der Waals surface area contributed by atoms with Gasteiger partial charge in [0.1, 0.15) is 0 Å². The number of rotatable bonds is 5. The molecule has 0 atom stereocenters. The topological polar surface area (TPSA) is 66.9 Å². The maximum absolute atomic E-state index is 12.4. The molecule has 1 amide bonds. The fraction of sp³-hybridized carbons (Fsp3) is 0.190. The molecule has 1 aromatic heterocycles. The van der Waals surface area contributed by atoms with E-state index in [0.717, 1.165) is 16.8 Å². The van der Waals surface area contributed by atoms with E-state index in [1.165, 1.54) is 23.5 Å². The van der Waals surface area contributed by atoms with Crippen LogP contribution in [-0.2, 0) is 6.54 Å². The SMILES string of the molecule is Cc1ccccc1CNc1ncc(C(=O)Nc2cccc(C)c2C)cn1. The number of amides is 1. The molecule has 0 aliphatic carbocycles. The molecule has 0 bridgehead atoms. The molecule has 5 heteroatoms. The Balaban J connectivity index is 1.64. The third kappa shape index (κ3) is 4.06. The average molecular weight is 346 g/mol. The molecule has 0 saturated carbocycles. The summed E-state index contributed by atoms with van der Waals surface area (Å²) in [5.41, 5.74) is 5.81. The average Bonchev–Trinajstić information content (AvgIpc) is 2.65. The van der Waals surface area contributed by atoms with E-state index >= 15 is 0 Å². The minimum atomic E-state index is -0.218. The molecule has 1 heterocycles. The van der Waals surface area contributed by atoms with Gasteiger partial charge < -0.3 is 10.6 Å². The van der Waals surface area contributed by atoms with Gasteiger partial charge in [-0.25, -0.2) is 9.97 Å². The van der Waals surface area contributed by atoms with Crippen LogP contribution in [-0.4, -0.2) is 15.9 Å². The van der Waals surface area contributed by atoms with E-state index in [1.54, 1.807) is 0 Å². The van der Waals surface area contributed by atoms with E-state index in [2.05, 4.69) is 39.7 Å². The van der Waals surface area contributed by atoms with E-state index < -0.39 is 0 Å². The van der Waals surface area contributed by atoms with Gasteiger partial charge in [0.2, 0.25) is 5.95 Å². The Labute approximate surface area is 153 Å². The first kappa shape index (κ1) is 17.6. The molecule has 0 fully saturated rings. The summed E-state index contributed by atoms with van der Waals surface area (Å²) in [4.78, 5) is 20.9. The number of hydrogen-bond acceptors (Lipinski definition) is 4. The molecule has 2 N–H and O–H groups in total. The predicted octanol–water partition coefficient (Wildman–Crippen LogP) is 4.27. The Kier molecular flexibility index (Phi) is 5.27. The van der Waals surface area contributed by atoms with Crippen molar-refractivity contribution in [3.05, 3.63) is 82.7 Å². The van der Waals surface area contributed by atoms with Crippen LogP contribution >= 0.6 is 0 Å². The molecular weight excluding hydrogens is 324 g/mol. The Morgan fingerprint density at radius 3 is 2.35 bits per heavy atom. The Hall–Kier alpha value is -3.21. The second-order valence-electron chi connectivity index (χ2n) is 6.28. The van der Waals surface area contributed by atoms with Crippen LogP contribution in [0.5, 0.6) is 0 Å². The molecule has 0 unspecified atom stereocenters. The van der Waals surface area contributed by atoms with Crippen molar-refractivity contribution >= 4 is 17.5 Å². The van der Waals surface area contributed by atoms with Crippen molar-refractivity contribution in [2.75, 3.05) is 10.6 Å². The lowest BCUT2D eigenvalue weighted by molar-refractivity contribution is 0.102. The number of benzene rings is 2. The van der Waals surface area contributed by atoms with Crippen LogP contribution in [0, 0.1) is 20.8 Å². The lowest BCUT2D eigenvalue weighted by Gasteiger charge is -2.11. The molecule has 0 aliphatic rings. The maximum Gasteiger partial charge on any atom is 0.258 e. The van der Waals surface area contributed by atoms with Crippen LogP contribution in [0.2, 0.25) is 0 Å². The number of nitrogens with one attached hydrogen (secondary N) is 2. The highest BCUT2D eigenvalue weighted by Crippen LogP contribution is 2.18. The number of carbonyl (C=O) groups excluding carboxylic acids is 1. The molecule has 0 aliphatic heterocycles. The monoisotopic (exact) mass is 346 g/mol. The first-order chi connectivity index (χ1) is 12.5. The van der Waals surface area contributed by atoms with Crippen LogP contribution < -0.4 is 10.6 Å².